The minimum atomic E-state index is -0.129. The largest absolute Gasteiger partial charge is 0.497 e. The molecule has 0 unspecified atom stereocenters. The highest BCUT2D eigenvalue weighted by atomic mass is 16.5. The van der Waals surface area contributed by atoms with E-state index in [2.05, 4.69) is 27.6 Å². The lowest BCUT2D eigenvalue weighted by molar-refractivity contribution is -0.116. The van der Waals surface area contributed by atoms with Gasteiger partial charge in [0.15, 0.2) is 0 Å². The van der Waals surface area contributed by atoms with Crippen LogP contribution in [0, 0.1) is 0 Å². The van der Waals surface area contributed by atoms with E-state index < -0.39 is 0 Å². The molecule has 6 nitrogen and oxygen atoms in total. The lowest BCUT2D eigenvalue weighted by Crippen LogP contribution is -2.12. The Labute approximate surface area is 174 Å². The van der Waals surface area contributed by atoms with Crippen LogP contribution in [0.4, 0.5) is 5.69 Å². The minimum absolute atomic E-state index is 0.129. The number of ether oxygens (including phenoxy) is 1. The van der Waals surface area contributed by atoms with Gasteiger partial charge >= 0.3 is 0 Å². The maximum atomic E-state index is 12.2. The number of nitrogens with zero attached hydrogens (tertiary/aromatic N) is 2. The zero-order chi connectivity index (χ0) is 20.8. The molecule has 0 aliphatic heterocycles. The number of anilines is 1. The zero-order valence-electron chi connectivity index (χ0n) is 16.5. The van der Waals surface area contributed by atoms with E-state index in [9.17, 15) is 4.79 Å². The number of carbonyl (C=O) groups excluding carboxylic acids is 1. The molecule has 0 saturated heterocycles. The van der Waals surface area contributed by atoms with Gasteiger partial charge in [0, 0.05) is 30.2 Å². The molecule has 0 aliphatic carbocycles. The Hall–Kier alpha value is -3.93. The van der Waals surface area contributed by atoms with E-state index in [1.54, 1.807) is 13.2 Å². The molecule has 0 atom stereocenters. The van der Waals surface area contributed by atoms with Crippen LogP contribution in [0.2, 0.25) is 0 Å². The molecule has 0 aliphatic rings. The third-order valence-electron chi connectivity index (χ3n) is 4.64. The molecule has 1 amide bonds. The summed E-state index contributed by atoms with van der Waals surface area (Å²) in [5.41, 5.74) is 3.83. The van der Waals surface area contributed by atoms with Crippen LogP contribution >= 0.6 is 0 Å². The van der Waals surface area contributed by atoms with E-state index in [4.69, 9.17) is 9.26 Å². The van der Waals surface area contributed by atoms with E-state index in [0.717, 1.165) is 16.7 Å². The van der Waals surface area contributed by atoms with Crippen molar-refractivity contribution in [3.8, 4) is 28.3 Å². The van der Waals surface area contributed by atoms with E-state index in [0.29, 0.717) is 29.6 Å². The van der Waals surface area contributed by atoms with Gasteiger partial charge in [0.25, 0.3) is 0 Å². The summed E-state index contributed by atoms with van der Waals surface area (Å²) in [5, 5.41) is 6.88. The Morgan fingerprint density at radius 1 is 0.933 bits per heavy atom. The Morgan fingerprint density at radius 3 is 2.43 bits per heavy atom. The third-order valence-corrected chi connectivity index (χ3v) is 4.64. The molecule has 30 heavy (non-hydrogen) atoms. The van der Waals surface area contributed by atoms with Gasteiger partial charge in [-0.15, -0.1) is 0 Å². The number of benzene rings is 3. The van der Waals surface area contributed by atoms with Gasteiger partial charge in [0.2, 0.25) is 17.6 Å². The highest BCUT2D eigenvalue weighted by molar-refractivity contribution is 5.90. The number of aromatic nitrogens is 2. The number of carbonyl (C=O) groups is 1. The predicted molar refractivity (Wildman–Crippen MR) is 115 cm³/mol. The van der Waals surface area contributed by atoms with Crippen molar-refractivity contribution >= 4 is 11.6 Å². The monoisotopic (exact) mass is 399 g/mol. The standard InChI is InChI=1S/C24H21N3O3/c1-29-21-9-5-8-20(16-21)25-22(28)14-15-23-26-24(27-30-23)19-12-10-18(11-13-19)17-6-3-2-4-7-17/h2-13,16H,14-15H2,1H3,(H,25,28). The van der Waals surface area contributed by atoms with Crippen LogP contribution in [0.25, 0.3) is 22.5 Å². The number of amides is 1. The topological polar surface area (TPSA) is 77.2 Å². The number of nitrogens with one attached hydrogen (secondary N) is 1. The maximum Gasteiger partial charge on any atom is 0.227 e. The van der Waals surface area contributed by atoms with Crippen LogP contribution in [0.1, 0.15) is 12.3 Å². The molecule has 0 saturated carbocycles. The van der Waals surface area contributed by atoms with E-state index in [-0.39, 0.29) is 12.3 Å². The van der Waals surface area contributed by atoms with Gasteiger partial charge in [-0.1, -0.05) is 65.8 Å². The number of methoxy groups -OCH3 is 1. The molecule has 1 heterocycles. The maximum absolute atomic E-state index is 12.2. The number of aryl methyl sites for hydroxylation is 1. The van der Waals surface area contributed by atoms with Crippen molar-refractivity contribution in [2.75, 3.05) is 12.4 Å². The molecule has 0 bridgehead atoms. The van der Waals surface area contributed by atoms with Crippen LogP contribution in [0.15, 0.2) is 83.4 Å². The van der Waals surface area contributed by atoms with Crippen molar-refractivity contribution < 1.29 is 14.1 Å². The van der Waals surface area contributed by atoms with Gasteiger partial charge in [-0.2, -0.15) is 4.98 Å². The van der Waals surface area contributed by atoms with Crippen molar-refractivity contribution in [1.82, 2.24) is 10.1 Å². The summed E-state index contributed by atoms with van der Waals surface area (Å²) < 4.78 is 10.5. The van der Waals surface area contributed by atoms with E-state index in [1.165, 1.54) is 0 Å². The first-order chi connectivity index (χ1) is 14.7. The lowest BCUT2D eigenvalue weighted by Gasteiger charge is -2.06. The van der Waals surface area contributed by atoms with Gasteiger partial charge in [-0.25, -0.2) is 0 Å². The molecular weight excluding hydrogens is 378 g/mol. The normalized spacial score (nSPS) is 10.6. The molecule has 0 spiro atoms. The van der Waals surface area contributed by atoms with Gasteiger partial charge < -0.3 is 14.6 Å². The Balaban J connectivity index is 1.35. The van der Waals surface area contributed by atoms with Crippen LogP contribution in [0.3, 0.4) is 0 Å². The first-order valence-corrected chi connectivity index (χ1v) is 9.63. The average molecular weight is 399 g/mol. The molecule has 6 heteroatoms. The van der Waals surface area contributed by atoms with Gasteiger partial charge in [0.05, 0.1) is 7.11 Å². The summed E-state index contributed by atoms with van der Waals surface area (Å²) in [6.07, 6.45) is 0.608. The molecule has 0 radical (unpaired) electrons. The molecule has 1 N–H and O–H groups in total. The van der Waals surface area contributed by atoms with Gasteiger partial charge in [0.1, 0.15) is 5.75 Å². The molecule has 4 rings (SSSR count). The molecule has 4 aromatic rings. The number of rotatable bonds is 7. The van der Waals surface area contributed by atoms with Crippen molar-refractivity contribution in [2.24, 2.45) is 0 Å². The van der Waals surface area contributed by atoms with Crippen LogP contribution in [-0.4, -0.2) is 23.2 Å². The lowest BCUT2D eigenvalue weighted by atomic mass is 10.0. The van der Waals surface area contributed by atoms with Gasteiger partial charge in [-0.05, 0) is 23.3 Å². The highest BCUT2D eigenvalue weighted by Crippen LogP contribution is 2.23. The average Bonchev–Trinajstić information content (AvgIpc) is 3.28. The highest BCUT2D eigenvalue weighted by Gasteiger charge is 2.11. The second kappa shape index (κ2) is 9.05. The predicted octanol–water partition coefficient (Wildman–Crippen LogP) is 4.98. The molecule has 3 aromatic carbocycles. The van der Waals surface area contributed by atoms with Crippen molar-refractivity contribution in [3.05, 3.63) is 84.8 Å². The fraction of sp³-hybridized carbons (Fsp3) is 0.125. The zero-order valence-corrected chi connectivity index (χ0v) is 16.5. The van der Waals surface area contributed by atoms with Gasteiger partial charge in [-0.3, -0.25) is 4.79 Å². The SMILES string of the molecule is COc1cccc(NC(=O)CCc2nc(-c3ccc(-c4ccccc4)cc3)no2)c1. The fourth-order valence-electron chi connectivity index (χ4n) is 3.06. The summed E-state index contributed by atoms with van der Waals surface area (Å²) in [4.78, 5) is 16.6. The van der Waals surface area contributed by atoms with Crippen LogP contribution < -0.4 is 10.1 Å². The minimum Gasteiger partial charge on any atom is -0.497 e. The second-order valence-electron chi connectivity index (χ2n) is 6.74. The summed E-state index contributed by atoms with van der Waals surface area (Å²) in [5.74, 6) is 1.50. The Kier molecular flexibility index (Phi) is 5.85. The van der Waals surface area contributed by atoms with Crippen molar-refractivity contribution in [2.45, 2.75) is 12.8 Å². The number of hydrogen-bond donors (Lipinski definition) is 1. The van der Waals surface area contributed by atoms with Crippen LogP contribution in [-0.2, 0) is 11.2 Å². The quantitative estimate of drug-likeness (QED) is 0.474. The molecular formula is C24H21N3O3. The fourth-order valence-corrected chi connectivity index (χ4v) is 3.06. The smallest absolute Gasteiger partial charge is 0.227 e. The molecule has 1 aromatic heterocycles. The number of hydrogen-bond acceptors (Lipinski definition) is 5. The second-order valence-corrected chi connectivity index (χ2v) is 6.74. The third kappa shape index (κ3) is 4.72. The Morgan fingerprint density at radius 2 is 1.67 bits per heavy atom. The Bertz CT molecular complexity index is 1120. The van der Waals surface area contributed by atoms with Crippen molar-refractivity contribution in [3.63, 3.8) is 0 Å². The van der Waals surface area contributed by atoms with E-state index >= 15 is 0 Å². The molecule has 150 valence electrons. The summed E-state index contributed by atoms with van der Waals surface area (Å²) in [6.45, 7) is 0. The molecule has 0 fully saturated rings. The van der Waals surface area contributed by atoms with Crippen LogP contribution in [0.5, 0.6) is 5.75 Å². The van der Waals surface area contributed by atoms with E-state index in [1.807, 2.05) is 60.7 Å². The summed E-state index contributed by atoms with van der Waals surface area (Å²) in [7, 11) is 1.59. The first kappa shape index (κ1) is 19.4. The first-order valence-electron chi connectivity index (χ1n) is 9.63. The summed E-state index contributed by atoms with van der Waals surface area (Å²) >= 11 is 0. The summed E-state index contributed by atoms with van der Waals surface area (Å²) in [6, 6.07) is 25.4. The van der Waals surface area contributed by atoms with Crippen molar-refractivity contribution in [1.29, 1.82) is 0 Å².